The quantitative estimate of drug-likeness (QED) is 0.803. The van der Waals surface area contributed by atoms with Crippen LogP contribution in [0.25, 0.3) is 0 Å². The van der Waals surface area contributed by atoms with Crippen LogP contribution in [0.3, 0.4) is 0 Å². The van der Waals surface area contributed by atoms with E-state index in [1.165, 1.54) is 25.7 Å². The molecule has 0 atom stereocenters. The molecule has 2 rings (SSSR count). The second-order valence-corrected chi connectivity index (χ2v) is 4.90. The van der Waals surface area contributed by atoms with Gasteiger partial charge < -0.3 is 16.0 Å². The third-order valence-electron chi connectivity index (χ3n) is 3.77. The zero-order valence-corrected chi connectivity index (χ0v) is 11.1. The van der Waals surface area contributed by atoms with Gasteiger partial charge in [-0.3, -0.25) is 4.79 Å². The summed E-state index contributed by atoms with van der Waals surface area (Å²) in [6, 6.07) is 6.00. The van der Waals surface area contributed by atoms with E-state index in [0.29, 0.717) is 11.6 Å². The van der Waals surface area contributed by atoms with Crippen molar-refractivity contribution in [1.82, 2.24) is 5.32 Å². The average molecular weight is 247 g/mol. The van der Waals surface area contributed by atoms with Crippen molar-refractivity contribution in [2.45, 2.75) is 31.7 Å². The molecule has 0 bridgehead atoms. The zero-order chi connectivity index (χ0) is 13.1. The highest BCUT2D eigenvalue weighted by Crippen LogP contribution is 2.31. The molecule has 18 heavy (non-hydrogen) atoms. The maximum atomic E-state index is 11.7. The van der Waals surface area contributed by atoms with Crippen molar-refractivity contribution in [2.75, 3.05) is 24.7 Å². The standard InChI is InChI=1S/C14H21N3O/c1-16-14(18)10-7-8-12(15)13(9-10)17(2)11-5-3-4-6-11/h7-9,11H,3-6,15H2,1-2H3,(H,16,18). The molecule has 0 aliphatic heterocycles. The lowest BCUT2D eigenvalue weighted by Crippen LogP contribution is -2.30. The van der Waals surface area contributed by atoms with E-state index in [2.05, 4.69) is 17.3 Å². The summed E-state index contributed by atoms with van der Waals surface area (Å²) in [6.07, 6.45) is 4.98. The second kappa shape index (κ2) is 5.29. The van der Waals surface area contributed by atoms with Crippen LogP contribution in [0.1, 0.15) is 36.0 Å². The van der Waals surface area contributed by atoms with E-state index in [9.17, 15) is 4.79 Å². The molecule has 0 saturated heterocycles. The molecule has 0 spiro atoms. The minimum absolute atomic E-state index is 0.0731. The van der Waals surface area contributed by atoms with E-state index < -0.39 is 0 Å². The SMILES string of the molecule is CNC(=O)c1ccc(N)c(N(C)C2CCCC2)c1. The number of nitrogens with two attached hydrogens (primary N) is 1. The maximum Gasteiger partial charge on any atom is 0.251 e. The highest BCUT2D eigenvalue weighted by atomic mass is 16.1. The fraction of sp³-hybridized carbons (Fsp3) is 0.500. The van der Waals surface area contributed by atoms with E-state index in [-0.39, 0.29) is 5.91 Å². The second-order valence-electron chi connectivity index (χ2n) is 4.90. The monoisotopic (exact) mass is 247 g/mol. The number of rotatable bonds is 3. The number of nitrogens with zero attached hydrogens (tertiary/aromatic N) is 1. The minimum Gasteiger partial charge on any atom is -0.397 e. The molecule has 1 aromatic carbocycles. The van der Waals surface area contributed by atoms with E-state index in [0.717, 1.165) is 11.4 Å². The molecule has 1 aliphatic rings. The smallest absolute Gasteiger partial charge is 0.251 e. The Labute approximate surface area is 108 Å². The molecule has 1 amide bonds. The number of amides is 1. The van der Waals surface area contributed by atoms with Gasteiger partial charge in [-0.1, -0.05) is 12.8 Å². The summed E-state index contributed by atoms with van der Waals surface area (Å²) in [5, 5.41) is 2.64. The van der Waals surface area contributed by atoms with Gasteiger partial charge in [-0.2, -0.15) is 0 Å². The Balaban J connectivity index is 2.27. The Bertz CT molecular complexity index is 439. The molecule has 1 saturated carbocycles. The molecule has 0 radical (unpaired) electrons. The summed E-state index contributed by atoms with van der Waals surface area (Å²) >= 11 is 0. The number of hydrogen-bond donors (Lipinski definition) is 2. The summed E-state index contributed by atoms with van der Waals surface area (Å²) in [6.45, 7) is 0. The van der Waals surface area contributed by atoms with Crippen LogP contribution in [0.4, 0.5) is 11.4 Å². The van der Waals surface area contributed by atoms with Gasteiger partial charge in [0.2, 0.25) is 0 Å². The minimum atomic E-state index is -0.0731. The number of nitrogen functional groups attached to an aromatic ring is 1. The van der Waals surface area contributed by atoms with Crippen LogP contribution >= 0.6 is 0 Å². The van der Waals surface area contributed by atoms with Crippen LogP contribution in [-0.2, 0) is 0 Å². The van der Waals surface area contributed by atoms with Gasteiger partial charge in [0.15, 0.2) is 0 Å². The van der Waals surface area contributed by atoms with Crippen molar-refractivity contribution in [1.29, 1.82) is 0 Å². The highest BCUT2D eigenvalue weighted by molar-refractivity contribution is 5.96. The van der Waals surface area contributed by atoms with Gasteiger partial charge in [0.1, 0.15) is 0 Å². The van der Waals surface area contributed by atoms with E-state index in [1.807, 2.05) is 12.1 Å². The average Bonchev–Trinajstić information content (AvgIpc) is 2.91. The lowest BCUT2D eigenvalue weighted by Gasteiger charge is -2.28. The Kier molecular flexibility index (Phi) is 3.75. The number of nitrogens with one attached hydrogen (secondary N) is 1. The van der Waals surface area contributed by atoms with E-state index >= 15 is 0 Å². The molecule has 98 valence electrons. The van der Waals surface area contributed by atoms with Crippen molar-refractivity contribution in [3.8, 4) is 0 Å². The van der Waals surface area contributed by atoms with Crippen LogP contribution in [-0.4, -0.2) is 26.0 Å². The van der Waals surface area contributed by atoms with Crippen LogP contribution in [0.2, 0.25) is 0 Å². The lowest BCUT2D eigenvalue weighted by molar-refractivity contribution is 0.0963. The van der Waals surface area contributed by atoms with Crippen molar-refractivity contribution < 1.29 is 4.79 Å². The van der Waals surface area contributed by atoms with Crippen molar-refractivity contribution >= 4 is 17.3 Å². The fourth-order valence-corrected chi connectivity index (χ4v) is 2.62. The van der Waals surface area contributed by atoms with Crippen LogP contribution in [0.5, 0.6) is 0 Å². The molecule has 1 aliphatic carbocycles. The predicted octanol–water partition coefficient (Wildman–Crippen LogP) is 2.01. The molecule has 3 N–H and O–H groups in total. The molecular formula is C14H21N3O. The first kappa shape index (κ1) is 12.7. The van der Waals surface area contributed by atoms with Crippen LogP contribution in [0.15, 0.2) is 18.2 Å². The van der Waals surface area contributed by atoms with Crippen molar-refractivity contribution in [3.63, 3.8) is 0 Å². The number of anilines is 2. The van der Waals surface area contributed by atoms with Gasteiger partial charge in [-0.15, -0.1) is 0 Å². The summed E-state index contributed by atoms with van der Waals surface area (Å²) < 4.78 is 0. The zero-order valence-electron chi connectivity index (χ0n) is 11.1. The Morgan fingerprint density at radius 1 is 1.39 bits per heavy atom. The normalized spacial score (nSPS) is 15.7. The molecular weight excluding hydrogens is 226 g/mol. The maximum absolute atomic E-state index is 11.7. The topological polar surface area (TPSA) is 58.4 Å². The summed E-state index contributed by atoms with van der Waals surface area (Å²) in [5.41, 5.74) is 8.38. The van der Waals surface area contributed by atoms with Gasteiger partial charge in [0.05, 0.1) is 11.4 Å². The summed E-state index contributed by atoms with van der Waals surface area (Å²) in [4.78, 5) is 13.9. The molecule has 0 unspecified atom stereocenters. The molecule has 0 heterocycles. The van der Waals surface area contributed by atoms with Crippen LogP contribution in [0, 0.1) is 0 Å². The number of carbonyl (C=O) groups excluding carboxylic acids is 1. The molecule has 4 nitrogen and oxygen atoms in total. The highest BCUT2D eigenvalue weighted by Gasteiger charge is 2.21. The Morgan fingerprint density at radius 2 is 2.06 bits per heavy atom. The fourth-order valence-electron chi connectivity index (χ4n) is 2.62. The van der Waals surface area contributed by atoms with Crippen molar-refractivity contribution in [3.05, 3.63) is 23.8 Å². The molecule has 0 aromatic heterocycles. The predicted molar refractivity (Wildman–Crippen MR) is 74.9 cm³/mol. The number of carbonyl (C=O) groups is 1. The van der Waals surface area contributed by atoms with E-state index in [1.54, 1.807) is 13.1 Å². The first-order chi connectivity index (χ1) is 8.63. The first-order valence-corrected chi connectivity index (χ1v) is 6.48. The van der Waals surface area contributed by atoms with E-state index in [4.69, 9.17) is 5.73 Å². The van der Waals surface area contributed by atoms with Crippen molar-refractivity contribution in [2.24, 2.45) is 0 Å². The third-order valence-corrected chi connectivity index (χ3v) is 3.77. The largest absolute Gasteiger partial charge is 0.397 e. The lowest BCUT2D eigenvalue weighted by atomic mass is 10.1. The van der Waals surface area contributed by atoms with Gasteiger partial charge in [-0.05, 0) is 31.0 Å². The van der Waals surface area contributed by atoms with Gasteiger partial charge in [0, 0.05) is 25.7 Å². The van der Waals surface area contributed by atoms with Gasteiger partial charge in [-0.25, -0.2) is 0 Å². The van der Waals surface area contributed by atoms with Gasteiger partial charge in [0.25, 0.3) is 5.91 Å². The Morgan fingerprint density at radius 3 is 2.67 bits per heavy atom. The molecule has 1 aromatic rings. The number of benzene rings is 1. The van der Waals surface area contributed by atoms with Gasteiger partial charge >= 0.3 is 0 Å². The Hall–Kier alpha value is -1.71. The number of hydrogen-bond acceptors (Lipinski definition) is 3. The summed E-state index contributed by atoms with van der Waals surface area (Å²) in [5.74, 6) is -0.0731. The third kappa shape index (κ3) is 2.42. The van der Waals surface area contributed by atoms with Crippen LogP contribution < -0.4 is 16.0 Å². The molecule has 1 fully saturated rings. The first-order valence-electron chi connectivity index (χ1n) is 6.48. The molecule has 4 heteroatoms. The summed E-state index contributed by atoms with van der Waals surface area (Å²) in [7, 11) is 3.70.